The second-order valence-corrected chi connectivity index (χ2v) is 26.4. The molecule has 9 rings (SSSR count). The van der Waals surface area contributed by atoms with E-state index in [-0.39, 0.29) is 78.6 Å². The molecule has 6 aromatic rings. The van der Waals surface area contributed by atoms with E-state index < -0.39 is 30.1 Å². The van der Waals surface area contributed by atoms with Crippen molar-refractivity contribution in [3.63, 3.8) is 0 Å². The number of benzene rings is 3. The zero-order chi connectivity index (χ0) is 63.8. The van der Waals surface area contributed by atoms with Crippen LogP contribution in [0.25, 0.3) is 0 Å². The van der Waals surface area contributed by atoms with Gasteiger partial charge < -0.3 is 38.6 Å². The Hall–Kier alpha value is -6.66. The first-order valence-corrected chi connectivity index (χ1v) is 32.7. The van der Waals surface area contributed by atoms with Crippen LogP contribution in [-0.4, -0.2) is 102 Å². The number of ether oxygens (including phenoxy) is 5. The average Bonchev–Trinajstić information content (AvgIpc) is 1.72. The predicted molar refractivity (Wildman–Crippen MR) is 372 cm³/mol. The molecule has 3 aliphatic carbocycles. The molecule has 3 fully saturated rings. The van der Waals surface area contributed by atoms with Crippen molar-refractivity contribution >= 4 is 24.6 Å². The molecule has 0 aliphatic heterocycles. The zero-order valence-corrected chi connectivity index (χ0v) is 55.9. The fourth-order valence-electron chi connectivity index (χ4n) is 12.1. The number of amides is 2. The molecule has 0 spiro atoms. The molecule has 3 aromatic carbocycles. The van der Waals surface area contributed by atoms with Crippen LogP contribution in [0.1, 0.15) is 225 Å². The lowest BCUT2D eigenvalue weighted by Crippen LogP contribution is -2.34. The monoisotopic (exact) mass is 1320 g/mol. The van der Waals surface area contributed by atoms with Gasteiger partial charge in [0.1, 0.15) is 44.4 Å². The number of rotatable bonds is 24. The molecule has 93 heavy (non-hydrogen) atoms. The molecule has 520 valence electrons. The lowest BCUT2D eigenvalue weighted by molar-refractivity contribution is 0.0272. The Balaban J connectivity index is 0.000000359. The third kappa shape index (κ3) is 25.9. The van der Waals surface area contributed by atoms with Gasteiger partial charge in [0.25, 0.3) is 0 Å². The lowest BCUT2D eigenvalue weighted by Gasteiger charge is -2.30. The maximum absolute atomic E-state index is 14.3. The molecule has 3 aliphatic rings. The Labute approximate surface area is 562 Å². The highest BCUT2D eigenvalue weighted by atomic mass is 35.5. The van der Waals surface area contributed by atoms with Crippen molar-refractivity contribution in [1.29, 1.82) is 0 Å². The molecule has 0 bridgehead atoms. The van der Waals surface area contributed by atoms with Crippen molar-refractivity contribution in [2.24, 2.45) is 17.8 Å². The molecule has 16 nitrogen and oxygen atoms in total. The zero-order valence-electron chi connectivity index (χ0n) is 55.1. The Morgan fingerprint density at radius 1 is 0.505 bits per heavy atom. The number of alkyl halides is 2. The van der Waals surface area contributed by atoms with E-state index >= 15 is 0 Å². The summed E-state index contributed by atoms with van der Waals surface area (Å²) >= 11 is 0. The van der Waals surface area contributed by atoms with E-state index in [2.05, 4.69) is 12.0 Å². The van der Waals surface area contributed by atoms with Crippen LogP contribution in [0.2, 0.25) is 0 Å². The fraction of sp³-hybridized carbons (Fsp3) is 0.608. The van der Waals surface area contributed by atoms with Crippen LogP contribution < -0.4 is 14.2 Å². The minimum atomic E-state index is -0.574. The summed E-state index contributed by atoms with van der Waals surface area (Å²) in [5, 5.41) is 24.4. The molecule has 3 aromatic heterocycles. The number of nitrogens with zero attached hydrogens (tertiary/aromatic N) is 8. The number of hydrogen-bond acceptors (Lipinski definition) is 11. The number of aliphatic hydroxyl groups is 1. The molecule has 1 N–H and O–H groups in total. The smallest absolute Gasteiger partial charge is 0.410 e. The van der Waals surface area contributed by atoms with Crippen molar-refractivity contribution < 1.29 is 47.2 Å². The Bertz CT molecular complexity index is 2850. The average molecular weight is 1320 g/mol. The number of carbonyl (C=O) groups is 2. The van der Waals surface area contributed by atoms with Crippen molar-refractivity contribution in [1.82, 2.24) is 39.1 Å². The molecule has 0 radical (unpaired) electrons. The van der Waals surface area contributed by atoms with Crippen LogP contribution in [0, 0.1) is 17.8 Å². The van der Waals surface area contributed by atoms with Crippen LogP contribution in [0.5, 0.6) is 17.6 Å². The first-order chi connectivity index (χ1) is 42.8. The lowest BCUT2D eigenvalue weighted by atomic mass is 9.84. The number of aromatic nitrogens is 6. The summed E-state index contributed by atoms with van der Waals surface area (Å²) in [4.78, 5) is 27.8. The Kier molecular flexibility index (Phi) is 35.1. The summed E-state index contributed by atoms with van der Waals surface area (Å²) in [6.45, 7) is 14.1. The normalized spacial score (nSPS) is 15.4. The van der Waals surface area contributed by atoms with Gasteiger partial charge in [0, 0.05) is 32.3 Å². The van der Waals surface area contributed by atoms with E-state index in [9.17, 15) is 23.5 Å². The molecule has 2 amide bonds. The topological polar surface area (TPSA) is 160 Å². The second-order valence-electron chi connectivity index (χ2n) is 26.4. The van der Waals surface area contributed by atoms with E-state index in [1.54, 1.807) is 18.8 Å². The minimum absolute atomic E-state index is 0. The van der Waals surface area contributed by atoms with Gasteiger partial charge in [-0.15, -0.1) is 12.4 Å². The van der Waals surface area contributed by atoms with Gasteiger partial charge in [0.2, 0.25) is 17.6 Å². The second kappa shape index (κ2) is 40.6. The molecular weight excluding hydrogens is 1200 g/mol. The first-order valence-electron chi connectivity index (χ1n) is 32.7. The van der Waals surface area contributed by atoms with E-state index in [0.29, 0.717) is 67.2 Å². The predicted octanol–water partition coefficient (Wildman–Crippen LogP) is 18.7. The maximum atomic E-state index is 14.3. The van der Waals surface area contributed by atoms with Crippen LogP contribution in [0.15, 0.2) is 109 Å². The maximum Gasteiger partial charge on any atom is 0.410 e. The summed E-state index contributed by atoms with van der Waals surface area (Å²) < 4.78 is 62.8. The van der Waals surface area contributed by atoms with Crippen molar-refractivity contribution in [2.75, 3.05) is 34.1 Å². The van der Waals surface area contributed by atoms with Crippen molar-refractivity contribution in [2.45, 2.75) is 242 Å². The van der Waals surface area contributed by atoms with Crippen LogP contribution in [0.4, 0.5) is 18.4 Å². The van der Waals surface area contributed by atoms with Crippen LogP contribution in [0.3, 0.4) is 0 Å². The van der Waals surface area contributed by atoms with E-state index in [4.69, 9.17) is 33.9 Å². The highest BCUT2D eigenvalue weighted by molar-refractivity contribution is 5.85. The molecule has 19 heteroatoms. The van der Waals surface area contributed by atoms with Crippen molar-refractivity contribution in [3.05, 3.63) is 143 Å². The summed E-state index contributed by atoms with van der Waals surface area (Å²) in [7, 11) is 3.37. The van der Waals surface area contributed by atoms with E-state index in [1.807, 2.05) is 160 Å². The summed E-state index contributed by atoms with van der Waals surface area (Å²) in [6, 6.07) is 34.9. The fourth-order valence-corrected chi connectivity index (χ4v) is 12.1. The minimum Gasteiger partial charge on any atom is -0.473 e. The van der Waals surface area contributed by atoms with Gasteiger partial charge in [-0.25, -0.2) is 32.4 Å². The van der Waals surface area contributed by atoms with Gasteiger partial charge in [-0.1, -0.05) is 184 Å². The quantitative estimate of drug-likeness (QED) is 0.0614. The number of aryl methyl sites for hydroxylation is 1. The van der Waals surface area contributed by atoms with Gasteiger partial charge in [-0.2, -0.15) is 15.3 Å². The van der Waals surface area contributed by atoms with Crippen LogP contribution >= 0.6 is 12.4 Å². The number of carbonyl (C=O) groups excluding carboxylic acids is 2. The highest BCUT2D eigenvalue weighted by Gasteiger charge is 2.33. The highest BCUT2D eigenvalue weighted by Crippen LogP contribution is 2.39. The third-order valence-electron chi connectivity index (χ3n) is 16.7. The van der Waals surface area contributed by atoms with Crippen molar-refractivity contribution in [3.8, 4) is 17.6 Å². The van der Waals surface area contributed by atoms with E-state index in [1.165, 1.54) is 54.7 Å². The van der Waals surface area contributed by atoms with Gasteiger partial charge in [0.15, 0.2) is 0 Å². The molecule has 0 saturated heterocycles. The first kappa shape index (κ1) is 80.6. The third-order valence-corrected chi connectivity index (χ3v) is 16.7. The largest absolute Gasteiger partial charge is 0.473 e. The molecule has 3 unspecified atom stereocenters. The van der Waals surface area contributed by atoms with Gasteiger partial charge in [-0.05, 0) is 121 Å². The molecular formula is C74H115ClF2N8O8. The standard InChI is InChI=1S/C25H36FN3O3.C25H37N3O4.C21H29FN2O.3CH4.ClH/c1-25(2,3)32-24(30)28(4)17-21-15-23(31-18-19-11-7-5-8-12-19)29(27-21)22(16-26)20-13-9-6-10-14-20;1-25(2,3)32-24(30)27(4)16-21-15-23(31-18-19-11-7-5-8-12-19)28(26-21)22(17-29)20-13-9-6-10-14-20;1-2-9-19-14-21(25-16-17-10-5-3-6-11-17)24(23-19)20(15-22)18-12-7-4-8-13-18;;;;/h5,7-8,11-12,15,20,22H,6,9-10,13-14,16-18H2,1-4H3;5,7-8,11-12,15,20,22,29H,6,9-10,13-14,16-18H2,1-4H3;3,5-6,10-11,14,18,20H,2,4,7-9,12-13,15-16H2,1H3;3*1H4;1H. The number of halogens is 3. The van der Waals surface area contributed by atoms with Crippen LogP contribution in [-0.2, 0) is 48.8 Å². The van der Waals surface area contributed by atoms with Gasteiger partial charge >= 0.3 is 12.2 Å². The van der Waals surface area contributed by atoms with E-state index in [0.717, 1.165) is 86.6 Å². The molecule has 3 heterocycles. The number of hydrogen-bond donors (Lipinski definition) is 1. The molecule has 3 atom stereocenters. The Morgan fingerprint density at radius 2 is 0.796 bits per heavy atom. The van der Waals surface area contributed by atoms with Gasteiger partial charge in [0.05, 0.1) is 54.9 Å². The van der Waals surface area contributed by atoms with Gasteiger partial charge in [-0.3, -0.25) is 0 Å². The summed E-state index contributed by atoms with van der Waals surface area (Å²) in [5.74, 6) is 2.83. The summed E-state index contributed by atoms with van der Waals surface area (Å²) in [6.07, 6.45) is 18.2. The number of aliphatic hydroxyl groups excluding tert-OH is 1. The Morgan fingerprint density at radius 3 is 1.09 bits per heavy atom. The SMILES string of the molecule is C.C.C.CCCc1cc(OCc2ccccc2)n(C(CF)C2CCCCC2)n1.CN(Cc1cc(OCc2ccccc2)n(C(CF)C2CCCCC2)n1)C(=O)OC(C)(C)C.CN(Cc1cc(OCc2ccccc2)n(C(CO)C2CCCCC2)n1)C(=O)OC(C)(C)C.Cl. The molecule has 3 saturated carbocycles. The summed E-state index contributed by atoms with van der Waals surface area (Å²) in [5.41, 5.74) is 4.42.